The smallest absolute Gasteiger partial charge is 0.125 e. The van der Waals surface area contributed by atoms with E-state index in [0.717, 1.165) is 42.1 Å². The zero-order valence-corrected chi connectivity index (χ0v) is 13.5. The molecule has 2 heterocycles. The molecular weight excluding hydrogens is 284 g/mol. The summed E-state index contributed by atoms with van der Waals surface area (Å²) in [6, 6.07) is 5.86. The summed E-state index contributed by atoms with van der Waals surface area (Å²) in [5.74, 6) is 0.932. The molecule has 0 aliphatic carbocycles. The highest BCUT2D eigenvalue weighted by Crippen LogP contribution is 2.44. The predicted octanol–water partition coefficient (Wildman–Crippen LogP) is 3.76. The maximum absolute atomic E-state index is 6.43. The summed E-state index contributed by atoms with van der Waals surface area (Å²) in [7, 11) is 0. The maximum atomic E-state index is 6.43. The van der Waals surface area contributed by atoms with Gasteiger partial charge in [0.05, 0.1) is 0 Å². The van der Waals surface area contributed by atoms with E-state index in [2.05, 4.69) is 11.8 Å². The average Bonchev–Trinajstić information content (AvgIpc) is 2.64. The lowest BCUT2D eigenvalue weighted by molar-refractivity contribution is 0.0218. The minimum Gasteiger partial charge on any atom is -0.487 e. The number of hydrogen-bond acceptors (Lipinski definition) is 3. The Balaban J connectivity index is 1.79. The Morgan fingerprint density at radius 1 is 1.38 bits per heavy atom. The Hall–Kier alpha value is -0.770. The zero-order chi connectivity index (χ0) is 14.9. The van der Waals surface area contributed by atoms with Crippen molar-refractivity contribution in [2.45, 2.75) is 50.7 Å². The fourth-order valence-electron chi connectivity index (χ4n) is 3.76. The molecule has 2 aliphatic heterocycles. The Labute approximate surface area is 132 Å². The van der Waals surface area contributed by atoms with Gasteiger partial charge in [-0.3, -0.25) is 0 Å². The van der Waals surface area contributed by atoms with E-state index in [4.69, 9.17) is 22.1 Å². The number of rotatable bonds is 2. The molecule has 0 saturated carbocycles. The van der Waals surface area contributed by atoms with Crippen LogP contribution in [-0.4, -0.2) is 30.1 Å². The number of nitrogens with two attached hydrogens (primary N) is 1. The van der Waals surface area contributed by atoms with Crippen molar-refractivity contribution in [3.05, 3.63) is 28.8 Å². The maximum Gasteiger partial charge on any atom is 0.125 e. The van der Waals surface area contributed by atoms with Gasteiger partial charge in [0, 0.05) is 29.6 Å². The van der Waals surface area contributed by atoms with Crippen LogP contribution in [0.1, 0.15) is 50.6 Å². The first-order valence-electron chi connectivity index (χ1n) is 8.08. The summed E-state index contributed by atoms with van der Waals surface area (Å²) in [4.78, 5) is 2.56. The molecule has 1 aromatic rings. The Kier molecular flexibility index (Phi) is 4.43. The molecule has 1 spiro atoms. The number of benzene rings is 1. The Bertz CT molecular complexity index is 508. The minimum atomic E-state index is -0.0806. The molecular formula is C17H25ClN2O. The molecule has 0 bridgehead atoms. The van der Waals surface area contributed by atoms with Gasteiger partial charge in [-0.25, -0.2) is 0 Å². The highest BCUT2D eigenvalue weighted by molar-refractivity contribution is 6.30. The van der Waals surface area contributed by atoms with Crippen molar-refractivity contribution in [3.63, 3.8) is 0 Å². The van der Waals surface area contributed by atoms with E-state index in [0.29, 0.717) is 0 Å². The van der Waals surface area contributed by atoms with Crippen LogP contribution in [0.2, 0.25) is 5.02 Å². The Morgan fingerprint density at radius 2 is 2.24 bits per heavy atom. The van der Waals surface area contributed by atoms with Gasteiger partial charge in [0.15, 0.2) is 0 Å². The van der Waals surface area contributed by atoms with Gasteiger partial charge in [0.1, 0.15) is 11.4 Å². The summed E-state index contributed by atoms with van der Waals surface area (Å²) in [5.41, 5.74) is 7.39. The average molecular weight is 309 g/mol. The number of halogens is 1. The van der Waals surface area contributed by atoms with Crippen LogP contribution < -0.4 is 10.5 Å². The third kappa shape index (κ3) is 3.20. The summed E-state index contributed by atoms with van der Waals surface area (Å²) in [6.07, 6.45) is 5.48. The fraction of sp³-hybridized carbons (Fsp3) is 0.647. The zero-order valence-electron chi connectivity index (χ0n) is 12.8. The van der Waals surface area contributed by atoms with Crippen molar-refractivity contribution >= 4 is 11.6 Å². The van der Waals surface area contributed by atoms with Crippen LogP contribution in [0.25, 0.3) is 0 Å². The third-order valence-corrected chi connectivity index (χ3v) is 5.06. The molecule has 0 radical (unpaired) electrons. The Morgan fingerprint density at radius 3 is 3.05 bits per heavy atom. The molecule has 0 aromatic heterocycles. The molecule has 0 amide bonds. The molecule has 3 rings (SSSR count). The van der Waals surface area contributed by atoms with E-state index in [1.165, 1.54) is 25.9 Å². The van der Waals surface area contributed by atoms with E-state index < -0.39 is 0 Å². The monoisotopic (exact) mass is 308 g/mol. The van der Waals surface area contributed by atoms with E-state index in [1.54, 1.807) is 0 Å². The van der Waals surface area contributed by atoms with Gasteiger partial charge in [-0.05, 0) is 57.0 Å². The largest absolute Gasteiger partial charge is 0.487 e. The first kappa shape index (κ1) is 15.1. The number of likely N-dealkylation sites (tertiary alicyclic amines) is 1. The van der Waals surface area contributed by atoms with Crippen LogP contribution in [-0.2, 0) is 0 Å². The van der Waals surface area contributed by atoms with Crippen molar-refractivity contribution < 1.29 is 4.74 Å². The first-order valence-corrected chi connectivity index (χ1v) is 8.46. The van der Waals surface area contributed by atoms with Crippen molar-refractivity contribution in [2.75, 3.05) is 19.6 Å². The van der Waals surface area contributed by atoms with E-state index in [9.17, 15) is 0 Å². The molecule has 1 saturated heterocycles. The highest BCUT2D eigenvalue weighted by Gasteiger charge is 2.40. The quantitative estimate of drug-likeness (QED) is 0.904. The van der Waals surface area contributed by atoms with Gasteiger partial charge in [-0.2, -0.15) is 0 Å². The van der Waals surface area contributed by atoms with Crippen LogP contribution >= 0.6 is 11.6 Å². The van der Waals surface area contributed by atoms with Crippen molar-refractivity contribution in [1.29, 1.82) is 0 Å². The van der Waals surface area contributed by atoms with Crippen molar-refractivity contribution in [1.82, 2.24) is 4.90 Å². The van der Waals surface area contributed by atoms with Crippen LogP contribution in [0.15, 0.2) is 18.2 Å². The van der Waals surface area contributed by atoms with E-state index >= 15 is 0 Å². The summed E-state index contributed by atoms with van der Waals surface area (Å²) in [5, 5.41) is 0.735. The van der Waals surface area contributed by atoms with Gasteiger partial charge in [0.2, 0.25) is 0 Å². The number of ether oxygens (including phenoxy) is 1. The lowest BCUT2D eigenvalue weighted by atomic mass is 9.82. The molecule has 3 nitrogen and oxygen atoms in total. The van der Waals surface area contributed by atoms with Gasteiger partial charge in [-0.15, -0.1) is 0 Å². The van der Waals surface area contributed by atoms with E-state index in [1.807, 2.05) is 18.2 Å². The molecule has 1 unspecified atom stereocenters. The standard InChI is InChI=1S/C17H25ClN2O/c1-2-8-20-9-3-6-17(7-10-20)12-15(19)14-11-13(18)4-5-16(14)21-17/h4-5,11,15H,2-3,6-10,12,19H2,1H3/t15-,17?/m0/s1. The predicted molar refractivity (Wildman–Crippen MR) is 86.9 cm³/mol. The van der Waals surface area contributed by atoms with Crippen LogP contribution in [0.4, 0.5) is 0 Å². The number of hydrogen-bond donors (Lipinski definition) is 1. The molecule has 2 N–H and O–H groups in total. The van der Waals surface area contributed by atoms with Gasteiger partial charge in [0.25, 0.3) is 0 Å². The third-order valence-electron chi connectivity index (χ3n) is 4.82. The molecule has 2 aliphatic rings. The molecule has 1 aromatic carbocycles. The van der Waals surface area contributed by atoms with Crippen LogP contribution in [0.5, 0.6) is 5.75 Å². The topological polar surface area (TPSA) is 38.5 Å². The summed E-state index contributed by atoms with van der Waals surface area (Å²) in [6.45, 7) is 5.73. The number of fused-ring (bicyclic) bond motifs is 1. The van der Waals surface area contributed by atoms with Gasteiger partial charge >= 0.3 is 0 Å². The van der Waals surface area contributed by atoms with Crippen LogP contribution in [0, 0.1) is 0 Å². The lowest BCUT2D eigenvalue weighted by Gasteiger charge is -2.41. The SMILES string of the molecule is CCCN1CCCC2(CC1)C[C@H](N)c1cc(Cl)ccc1O2. The minimum absolute atomic E-state index is 0.0326. The van der Waals surface area contributed by atoms with Crippen molar-refractivity contribution in [2.24, 2.45) is 5.73 Å². The first-order chi connectivity index (χ1) is 10.1. The second-order valence-corrected chi connectivity index (χ2v) is 6.91. The summed E-state index contributed by atoms with van der Waals surface area (Å²) < 4.78 is 6.43. The lowest BCUT2D eigenvalue weighted by Crippen LogP contribution is -2.43. The van der Waals surface area contributed by atoms with E-state index in [-0.39, 0.29) is 11.6 Å². The highest BCUT2D eigenvalue weighted by atomic mass is 35.5. The molecule has 116 valence electrons. The molecule has 1 fully saturated rings. The van der Waals surface area contributed by atoms with Crippen LogP contribution in [0.3, 0.4) is 0 Å². The summed E-state index contributed by atoms with van der Waals surface area (Å²) >= 11 is 6.08. The number of nitrogens with zero attached hydrogens (tertiary/aromatic N) is 1. The van der Waals surface area contributed by atoms with Gasteiger partial charge < -0.3 is 15.4 Å². The normalized spacial score (nSPS) is 29.8. The van der Waals surface area contributed by atoms with Crippen molar-refractivity contribution in [3.8, 4) is 5.75 Å². The fourth-order valence-corrected chi connectivity index (χ4v) is 3.94. The molecule has 21 heavy (non-hydrogen) atoms. The molecule has 2 atom stereocenters. The second kappa shape index (κ2) is 6.15. The second-order valence-electron chi connectivity index (χ2n) is 6.47. The molecule has 4 heteroatoms. The van der Waals surface area contributed by atoms with Gasteiger partial charge in [-0.1, -0.05) is 18.5 Å².